The van der Waals surface area contributed by atoms with Crippen LogP contribution in [0.1, 0.15) is 41.3 Å². The van der Waals surface area contributed by atoms with Crippen molar-refractivity contribution in [1.29, 1.82) is 0 Å². The zero-order chi connectivity index (χ0) is 23.5. The first-order valence-electron chi connectivity index (χ1n) is 9.81. The molecule has 0 unspecified atom stereocenters. The zero-order valence-corrected chi connectivity index (χ0v) is 17.3. The number of amides is 1. The maximum absolute atomic E-state index is 12.5. The molecule has 168 valence electrons. The Morgan fingerprint density at radius 1 is 1.16 bits per heavy atom. The highest BCUT2D eigenvalue weighted by atomic mass is 16.4. The number of carboxylic acids is 2. The third-order valence-corrected chi connectivity index (χ3v) is 5.24. The van der Waals surface area contributed by atoms with E-state index in [2.05, 4.69) is 20.3 Å². The predicted molar refractivity (Wildman–Crippen MR) is 115 cm³/mol. The van der Waals surface area contributed by atoms with E-state index in [0.29, 0.717) is 23.9 Å². The van der Waals surface area contributed by atoms with Gasteiger partial charge in [0.2, 0.25) is 5.95 Å². The van der Waals surface area contributed by atoms with Crippen molar-refractivity contribution in [2.75, 3.05) is 5.73 Å². The summed E-state index contributed by atoms with van der Waals surface area (Å²) in [5, 5.41) is 21.1. The van der Waals surface area contributed by atoms with Crippen LogP contribution < -0.4 is 16.6 Å². The smallest absolute Gasteiger partial charge is 0.329 e. The van der Waals surface area contributed by atoms with Crippen molar-refractivity contribution in [3.8, 4) is 0 Å². The standard InChI is InChI=1S/C21H23N5O6/c1-21(19(31)32,9-8-14(27)28)26-17(29)12-5-2-11(3-6-12)4-7-13-10-23-16-15(13)18(30)25-20(22)24-16/h2-3,5-6,10H,4,7-9H2,1H3,(H,26,29)(H,27,28)(H,31,32)(H4,22,23,24,25,30)/t21-/m0/s1. The minimum absolute atomic E-state index is 0.0340. The van der Waals surface area contributed by atoms with Gasteiger partial charge < -0.3 is 26.2 Å². The monoisotopic (exact) mass is 441 g/mol. The van der Waals surface area contributed by atoms with Crippen molar-refractivity contribution in [2.45, 2.75) is 38.1 Å². The Morgan fingerprint density at radius 2 is 1.84 bits per heavy atom. The van der Waals surface area contributed by atoms with Gasteiger partial charge in [0.1, 0.15) is 11.2 Å². The fraction of sp³-hybridized carbons (Fsp3) is 0.286. The molecule has 1 atom stereocenters. The van der Waals surface area contributed by atoms with Gasteiger partial charge in [-0.05, 0) is 49.4 Å². The fourth-order valence-electron chi connectivity index (χ4n) is 3.32. The number of benzene rings is 1. The lowest BCUT2D eigenvalue weighted by Gasteiger charge is -2.25. The van der Waals surface area contributed by atoms with Crippen LogP contribution in [0.4, 0.5) is 5.95 Å². The molecular weight excluding hydrogens is 418 g/mol. The lowest BCUT2D eigenvalue weighted by atomic mass is 9.95. The van der Waals surface area contributed by atoms with Gasteiger partial charge in [0.05, 0.1) is 5.39 Å². The molecule has 0 fully saturated rings. The third kappa shape index (κ3) is 4.94. The summed E-state index contributed by atoms with van der Waals surface area (Å²) in [4.78, 5) is 56.4. The maximum Gasteiger partial charge on any atom is 0.329 e. The first-order chi connectivity index (χ1) is 15.1. The molecule has 3 rings (SSSR count). The molecule has 0 aliphatic heterocycles. The first kappa shape index (κ1) is 22.5. The number of nitrogens with one attached hydrogen (secondary N) is 3. The Balaban J connectivity index is 1.67. The molecule has 0 aliphatic rings. The van der Waals surface area contributed by atoms with Gasteiger partial charge in [-0.15, -0.1) is 0 Å². The number of nitrogens with zero attached hydrogens (tertiary/aromatic N) is 1. The number of carbonyl (C=O) groups is 3. The average Bonchev–Trinajstić information content (AvgIpc) is 3.14. The van der Waals surface area contributed by atoms with E-state index in [9.17, 15) is 24.3 Å². The highest BCUT2D eigenvalue weighted by Gasteiger charge is 2.35. The quantitative estimate of drug-likeness (QED) is 0.284. The molecule has 0 saturated carbocycles. The van der Waals surface area contributed by atoms with Crippen LogP contribution in [0.3, 0.4) is 0 Å². The first-order valence-corrected chi connectivity index (χ1v) is 9.81. The molecule has 7 N–H and O–H groups in total. The van der Waals surface area contributed by atoms with Crippen molar-refractivity contribution < 1.29 is 24.6 Å². The molecule has 0 spiro atoms. The SMILES string of the molecule is C[C@@](CCC(=O)O)(NC(=O)c1ccc(CCc2c[nH]c3nc(N)[nH]c(=O)c23)cc1)C(=O)O. The Bertz CT molecular complexity index is 1230. The van der Waals surface area contributed by atoms with E-state index >= 15 is 0 Å². The second-order valence-electron chi connectivity index (χ2n) is 7.67. The molecule has 0 saturated heterocycles. The summed E-state index contributed by atoms with van der Waals surface area (Å²) >= 11 is 0. The number of aromatic nitrogens is 3. The number of H-pyrrole nitrogens is 2. The summed E-state index contributed by atoms with van der Waals surface area (Å²) in [5.41, 5.74) is 5.88. The summed E-state index contributed by atoms with van der Waals surface area (Å²) in [7, 11) is 0. The highest BCUT2D eigenvalue weighted by Crippen LogP contribution is 2.17. The van der Waals surface area contributed by atoms with Gasteiger partial charge in [0.15, 0.2) is 0 Å². The number of hydrogen-bond acceptors (Lipinski definition) is 6. The summed E-state index contributed by atoms with van der Waals surface area (Å²) in [6.45, 7) is 1.27. The number of nitrogen functional groups attached to an aromatic ring is 1. The zero-order valence-electron chi connectivity index (χ0n) is 17.3. The number of aliphatic carboxylic acids is 2. The van der Waals surface area contributed by atoms with E-state index < -0.39 is 23.4 Å². The number of nitrogens with two attached hydrogens (primary N) is 1. The normalized spacial score (nSPS) is 12.9. The molecule has 11 nitrogen and oxygen atoms in total. The van der Waals surface area contributed by atoms with Crippen LogP contribution in [0, 0.1) is 0 Å². The topological polar surface area (TPSA) is 191 Å². The molecule has 0 aliphatic carbocycles. The van der Waals surface area contributed by atoms with Crippen molar-refractivity contribution in [1.82, 2.24) is 20.3 Å². The van der Waals surface area contributed by atoms with Gasteiger partial charge in [-0.2, -0.15) is 4.98 Å². The fourth-order valence-corrected chi connectivity index (χ4v) is 3.32. The van der Waals surface area contributed by atoms with Crippen LogP contribution in [-0.2, 0) is 22.4 Å². The lowest BCUT2D eigenvalue weighted by Crippen LogP contribution is -2.52. The third-order valence-electron chi connectivity index (χ3n) is 5.24. The van der Waals surface area contributed by atoms with Crippen molar-refractivity contribution >= 4 is 34.8 Å². The van der Waals surface area contributed by atoms with Crippen LogP contribution in [-0.4, -0.2) is 48.5 Å². The van der Waals surface area contributed by atoms with Crippen LogP contribution in [0.2, 0.25) is 0 Å². The van der Waals surface area contributed by atoms with Crippen LogP contribution in [0.25, 0.3) is 11.0 Å². The van der Waals surface area contributed by atoms with Gasteiger partial charge in [0, 0.05) is 18.2 Å². The van der Waals surface area contributed by atoms with Crippen molar-refractivity contribution in [3.63, 3.8) is 0 Å². The van der Waals surface area contributed by atoms with E-state index in [4.69, 9.17) is 10.8 Å². The largest absolute Gasteiger partial charge is 0.481 e. The average molecular weight is 441 g/mol. The molecular formula is C21H23N5O6. The number of rotatable bonds is 9. The van der Waals surface area contributed by atoms with E-state index in [1.807, 2.05) is 0 Å². The minimum Gasteiger partial charge on any atom is -0.481 e. The van der Waals surface area contributed by atoms with Crippen molar-refractivity contribution in [2.24, 2.45) is 0 Å². The molecule has 2 heterocycles. The van der Waals surface area contributed by atoms with Crippen molar-refractivity contribution in [3.05, 3.63) is 57.5 Å². The minimum atomic E-state index is -1.70. The molecule has 32 heavy (non-hydrogen) atoms. The van der Waals surface area contributed by atoms with Gasteiger partial charge in [-0.25, -0.2) is 4.79 Å². The Morgan fingerprint density at radius 3 is 2.47 bits per heavy atom. The summed E-state index contributed by atoms with van der Waals surface area (Å²) < 4.78 is 0. The molecule has 0 radical (unpaired) electrons. The molecule has 1 amide bonds. The van der Waals surface area contributed by atoms with E-state index in [1.54, 1.807) is 30.5 Å². The van der Waals surface area contributed by atoms with Gasteiger partial charge in [0.25, 0.3) is 11.5 Å². The van der Waals surface area contributed by atoms with Crippen LogP contribution in [0.5, 0.6) is 0 Å². The Kier molecular flexibility index (Phi) is 6.28. The second kappa shape index (κ2) is 8.92. The van der Waals surface area contributed by atoms with E-state index in [1.165, 1.54) is 6.92 Å². The Hall–Kier alpha value is -4.15. The van der Waals surface area contributed by atoms with E-state index in [-0.39, 0.29) is 29.9 Å². The number of aromatic amines is 2. The number of fused-ring (bicyclic) bond motifs is 1. The number of carboxylic acid groups (broad SMARTS) is 2. The molecule has 11 heteroatoms. The molecule has 2 aromatic heterocycles. The summed E-state index contributed by atoms with van der Waals surface area (Å²) in [5.74, 6) is -3.04. The number of aryl methyl sites for hydroxylation is 2. The summed E-state index contributed by atoms with van der Waals surface area (Å²) in [6, 6.07) is 6.60. The van der Waals surface area contributed by atoms with Crippen LogP contribution >= 0.6 is 0 Å². The maximum atomic E-state index is 12.5. The van der Waals surface area contributed by atoms with Crippen LogP contribution in [0.15, 0.2) is 35.3 Å². The highest BCUT2D eigenvalue weighted by molar-refractivity contribution is 5.97. The molecule has 3 aromatic rings. The lowest BCUT2D eigenvalue weighted by molar-refractivity contribution is -0.145. The van der Waals surface area contributed by atoms with E-state index in [0.717, 1.165) is 11.1 Å². The molecule has 1 aromatic carbocycles. The second-order valence-corrected chi connectivity index (χ2v) is 7.67. The van der Waals surface area contributed by atoms with Gasteiger partial charge >= 0.3 is 11.9 Å². The van der Waals surface area contributed by atoms with Gasteiger partial charge in [-0.3, -0.25) is 19.4 Å². The Labute approximate surface area is 181 Å². The number of hydrogen-bond donors (Lipinski definition) is 6. The summed E-state index contributed by atoms with van der Waals surface area (Å²) in [6.07, 6.45) is 2.21. The molecule has 0 bridgehead atoms. The number of anilines is 1. The van der Waals surface area contributed by atoms with Gasteiger partial charge in [-0.1, -0.05) is 12.1 Å². The predicted octanol–water partition coefficient (Wildman–Crippen LogP) is 1.06. The number of carbonyl (C=O) groups excluding carboxylic acids is 1.